The van der Waals surface area contributed by atoms with Gasteiger partial charge in [-0.25, -0.2) is 4.98 Å². The van der Waals surface area contributed by atoms with Crippen molar-refractivity contribution in [3.05, 3.63) is 40.4 Å². The van der Waals surface area contributed by atoms with E-state index in [1.165, 1.54) is 0 Å². The number of hydrogen-bond acceptors (Lipinski definition) is 6. The fourth-order valence-electron chi connectivity index (χ4n) is 2.29. The molecule has 0 aliphatic rings. The van der Waals surface area contributed by atoms with Crippen molar-refractivity contribution in [2.75, 3.05) is 13.2 Å². The number of rotatable bonds is 8. The third kappa shape index (κ3) is 6.53. The number of carbonyl (C=O) groups is 3. The summed E-state index contributed by atoms with van der Waals surface area (Å²) in [5.74, 6) is -1.13. The molecule has 0 aliphatic carbocycles. The fraction of sp³-hybridized carbons (Fsp3) is 0.389. The molecule has 0 atom stereocenters. The molecule has 0 aliphatic heterocycles. The highest BCUT2D eigenvalue weighted by Gasteiger charge is 2.11. The minimum absolute atomic E-state index is 0.0256. The Hall–Kier alpha value is -3.23. The number of H-pyrrole nitrogens is 1. The summed E-state index contributed by atoms with van der Waals surface area (Å²) in [6.45, 7) is 2.95. The van der Waals surface area contributed by atoms with Crippen molar-refractivity contribution in [3.63, 3.8) is 0 Å². The number of aromatic nitrogens is 2. The highest BCUT2D eigenvalue weighted by molar-refractivity contribution is 5.86. The van der Waals surface area contributed by atoms with Crippen LogP contribution in [0.3, 0.4) is 0 Å². The van der Waals surface area contributed by atoms with Gasteiger partial charge in [-0.1, -0.05) is 12.1 Å². The van der Waals surface area contributed by atoms with Gasteiger partial charge in [0.1, 0.15) is 5.82 Å². The topological polar surface area (TPSA) is 130 Å². The van der Waals surface area contributed by atoms with Gasteiger partial charge < -0.3 is 20.4 Å². The third-order valence-electron chi connectivity index (χ3n) is 3.49. The Kier molecular flexibility index (Phi) is 7.04. The predicted octanol–water partition coefficient (Wildman–Crippen LogP) is 0.0397. The van der Waals surface area contributed by atoms with E-state index in [9.17, 15) is 19.2 Å². The van der Waals surface area contributed by atoms with Crippen LogP contribution in [0, 0.1) is 0 Å². The second kappa shape index (κ2) is 9.46. The van der Waals surface area contributed by atoms with E-state index in [-0.39, 0.29) is 36.9 Å². The predicted molar refractivity (Wildman–Crippen MR) is 97.9 cm³/mol. The number of carbonyl (C=O) groups excluding carboxylic acids is 3. The van der Waals surface area contributed by atoms with E-state index in [0.717, 1.165) is 0 Å². The van der Waals surface area contributed by atoms with Crippen LogP contribution >= 0.6 is 0 Å². The molecule has 0 fully saturated rings. The van der Waals surface area contributed by atoms with Crippen molar-refractivity contribution in [3.8, 4) is 0 Å². The molecule has 0 unspecified atom stereocenters. The first-order valence-corrected chi connectivity index (χ1v) is 8.55. The molecule has 0 saturated carbocycles. The summed E-state index contributed by atoms with van der Waals surface area (Å²) in [5.41, 5.74) is 0.270. The molecular formula is C18H22N4O5. The lowest BCUT2D eigenvalue weighted by atomic mass is 10.2. The smallest absolute Gasteiger partial charge is 0.306 e. The highest BCUT2D eigenvalue weighted by Crippen LogP contribution is 2.06. The van der Waals surface area contributed by atoms with Crippen LogP contribution in [-0.4, -0.2) is 46.9 Å². The molecule has 0 radical (unpaired) electrons. The maximum absolute atomic E-state index is 12.0. The Morgan fingerprint density at radius 3 is 2.67 bits per heavy atom. The van der Waals surface area contributed by atoms with Crippen molar-refractivity contribution in [1.82, 2.24) is 20.6 Å². The number of hydrogen-bond donors (Lipinski definition) is 3. The second-order valence-corrected chi connectivity index (χ2v) is 6.19. The molecule has 0 bridgehead atoms. The molecule has 0 spiro atoms. The Bertz CT molecular complexity index is 891. The zero-order valence-electron chi connectivity index (χ0n) is 15.2. The number of nitrogens with zero attached hydrogens (tertiary/aromatic N) is 1. The molecule has 144 valence electrons. The Labute approximate surface area is 155 Å². The number of esters is 1. The molecule has 9 heteroatoms. The molecule has 3 N–H and O–H groups in total. The number of ether oxygens (including phenoxy) is 1. The molecular weight excluding hydrogens is 352 g/mol. The first kappa shape index (κ1) is 20.1. The van der Waals surface area contributed by atoms with Gasteiger partial charge in [0.25, 0.3) is 11.5 Å². The van der Waals surface area contributed by atoms with Gasteiger partial charge in [-0.15, -0.1) is 0 Å². The molecule has 27 heavy (non-hydrogen) atoms. The monoisotopic (exact) mass is 374 g/mol. The number of amides is 2. The minimum Gasteiger partial charge on any atom is -0.456 e. The summed E-state index contributed by atoms with van der Waals surface area (Å²) >= 11 is 0. The molecule has 9 nitrogen and oxygen atoms in total. The van der Waals surface area contributed by atoms with Crippen molar-refractivity contribution >= 4 is 28.7 Å². The third-order valence-corrected chi connectivity index (χ3v) is 3.49. The van der Waals surface area contributed by atoms with E-state index in [1.54, 1.807) is 38.1 Å². The lowest BCUT2D eigenvalue weighted by molar-refractivity contribution is -0.148. The quantitative estimate of drug-likeness (QED) is 0.559. The molecule has 1 heterocycles. The minimum atomic E-state index is -0.604. The van der Waals surface area contributed by atoms with Gasteiger partial charge in [0, 0.05) is 12.5 Å². The van der Waals surface area contributed by atoms with Gasteiger partial charge in [0.2, 0.25) is 5.91 Å². The van der Waals surface area contributed by atoms with E-state index in [0.29, 0.717) is 16.7 Å². The van der Waals surface area contributed by atoms with Crippen LogP contribution in [0.25, 0.3) is 10.9 Å². The summed E-state index contributed by atoms with van der Waals surface area (Å²) in [4.78, 5) is 53.6. The fourth-order valence-corrected chi connectivity index (χ4v) is 2.29. The normalized spacial score (nSPS) is 10.6. The zero-order chi connectivity index (χ0) is 19.8. The van der Waals surface area contributed by atoms with Gasteiger partial charge >= 0.3 is 5.97 Å². The number of para-hydroxylation sites is 1. The van der Waals surface area contributed by atoms with Gasteiger partial charge in [0.15, 0.2) is 6.61 Å². The summed E-state index contributed by atoms with van der Waals surface area (Å²) in [5, 5.41) is 5.45. The number of aromatic amines is 1. The number of aryl methyl sites for hydroxylation is 1. The van der Waals surface area contributed by atoms with Crippen molar-refractivity contribution in [2.45, 2.75) is 32.7 Å². The van der Waals surface area contributed by atoms with Crippen molar-refractivity contribution in [2.24, 2.45) is 0 Å². The van der Waals surface area contributed by atoms with Crippen LogP contribution in [0.4, 0.5) is 0 Å². The Morgan fingerprint density at radius 1 is 1.19 bits per heavy atom. The summed E-state index contributed by atoms with van der Waals surface area (Å²) in [6, 6.07) is 6.87. The van der Waals surface area contributed by atoms with Gasteiger partial charge in [0.05, 0.1) is 23.9 Å². The first-order valence-electron chi connectivity index (χ1n) is 8.55. The van der Waals surface area contributed by atoms with Gasteiger partial charge in [-0.05, 0) is 26.0 Å². The van der Waals surface area contributed by atoms with Crippen molar-refractivity contribution < 1.29 is 19.1 Å². The van der Waals surface area contributed by atoms with Crippen molar-refractivity contribution in [1.29, 1.82) is 0 Å². The second-order valence-electron chi connectivity index (χ2n) is 6.19. The first-order chi connectivity index (χ1) is 12.8. The molecule has 1 aromatic carbocycles. The maximum Gasteiger partial charge on any atom is 0.306 e. The van der Waals surface area contributed by atoms with E-state index in [1.807, 2.05) is 0 Å². The van der Waals surface area contributed by atoms with E-state index < -0.39 is 18.5 Å². The largest absolute Gasteiger partial charge is 0.456 e. The van der Waals surface area contributed by atoms with Crippen LogP contribution in [-0.2, 0) is 25.5 Å². The average molecular weight is 374 g/mol. The van der Waals surface area contributed by atoms with Crippen LogP contribution in [0.15, 0.2) is 29.1 Å². The summed E-state index contributed by atoms with van der Waals surface area (Å²) < 4.78 is 4.85. The lowest BCUT2D eigenvalue weighted by Gasteiger charge is -2.09. The highest BCUT2D eigenvalue weighted by atomic mass is 16.5. The Balaban J connectivity index is 1.75. The van der Waals surface area contributed by atoms with Gasteiger partial charge in [-0.3, -0.25) is 19.2 Å². The molecule has 0 saturated heterocycles. The SMILES string of the molecule is CC(C)NC(=O)CNC(=O)COC(=O)CCc1nc2ccccc2c(=O)[nH]1. The lowest BCUT2D eigenvalue weighted by Crippen LogP contribution is -2.41. The van der Waals surface area contributed by atoms with Gasteiger partial charge in [-0.2, -0.15) is 0 Å². The van der Waals surface area contributed by atoms with Crippen LogP contribution < -0.4 is 16.2 Å². The molecule has 1 aromatic heterocycles. The van der Waals surface area contributed by atoms with E-state index in [4.69, 9.17) is 4.74 Å². The molecule has 2 aromatic rings. The average Bonchev–Trinajstić information content (AvgIpc) is 2.62. The maximum atomic E-state index is 12.0. The number of fused-ring (bicyclic) bond motifs is 1. The van der Waals surface area contributed by atoms with E-state index >= 15 is 0 Å². The number of nitrogens with one attached hydrogen (secondary N) is 3. The Morgan fingerprint density at radius 2 is 1.93 bits per heavy atom. The molecule has 2 amide bonds. The summed E-state index contributed by atoms with van der Waals surface area (Å²) in [7, 11) is 0. The van der Waals surface area contributed by atoms with Crippen LogP contribution in [0.2, 0.25) is 0 Å². The molecule has 2 rings (SSSR count). The van der Waals surface area contributed by atoms with E-state index in [2.05, 4.69) is 20.6 Å². The standard InChI is InChI=1S/C18H22N4O5/c1-11(2)20-15(23)9-19-16(24)10-27-17(25)8-7-14-21-13-6-4-3-5-12(13)18(26)22-14/h3-6,11H,7-10H2,1-2H3,(H,19,24)(H,20,23)(H,21,22,26). The number of benzene rings is 1. The van der Waals surface area contributed by atoms with Crippen LogP contribution in [0.5, 0.6) is 0 Å². The summed E-state index contributed by atoms with van der Waals surface area (Å²) in [6.07, 6.45) is 0.139. The van der Waals surface area contributed by atoms with Crippen LogP contribution in [0.1, 0.15) is 26.1 Å². The zero-order valence-corrected chi connectivity index (χ0v) is 15.2.